The average Bonchev–Trinajstić information content (AvgIpc) is 2.91. The Labute approximate surface area is 150 Å². The molecule has 0 spiro atoms. The molecule has 2 N–H and O–H groups in total. The number of carbonyl (C=O) groups excluding carboxylic acids is 2. The maximum absolute atomic E-state index is 12.6. The van der Waals surface area contributed by atoms with Crippen LogP contribution < -0.4 is 10.6 Å². The van der Waals surface area contributed by atoms with E-state index >= 15 is 0 Å². The number of aromatic nitrogens is 1. The highest BCUT2D eigenvalue weighted by Crippen LogP contribution is 2.23. The second-order valence-electron chi connectivity index (χ2n) is 5.96. The number of halogens is 1. The molecule has 0 fully saturated rings. The van der Waals surface area contributed by atoms with Crippen LogP contribution in [0.2, 0.25) is 0 Å². The summed E-state index contributed by atoms with van der Waals surface area (Å²) in [7, 11) is 0. The summed E-state index contributed by atoms with van der Waals surface area (Å²) < 4.78 is 2.74. The second-order valence-corrected chi connectivity index (χ2v) is 6.87. The van der Waals surface area contributed by atoms with Crippen LogP contribution in [0.3, 0.4) is 0 Å². The van der Waals surface area contributed by atoms with Crippen molar-refractivity contribution >= 4 is 39.1 Å². The van der Waals surface area contributed by atoms with Crippen molar-refractivity contribution in [2.24, 2.45) is 5.92 Å². The molecule has 1 heterocycles. The Morgan fingerprint density at radius 1 is 1.21 bits per heavy atom. The number of anilines is 2. The van der Waals surface area contributed by atoms with Gasteiger partial charge in [0.15, 0.2) is 0 Å². The Bertz CT molecular complexity index is 766. The number of nitrogens with zero attached hydrogens (tertiary/aromatic N) is 1. The van der Waals surface area contributed by atoms with E-state index in [0.717, 1.165) is 10.0 Å². The highest BCUT2D eigenvalue weighted by molar-refractivity contribution is 9.10. The van der Waals surface area contributed by atoms with E-state index in [9.17, 15) is 9.59 Å². The highest BCUT2D eigenvalue weighted by Gasteiger charge is 2.14. The topological polar surface area (TPSA) is 63.1 Å². The first kappa shape index (κ1) is 18.3. The number of carbonyl (C=O) groups is 2. The van der Waals surface area contributed by atoms with Crippen molar-refractivity contribution in [2.75, 3.05) is 10.6 Å². The lowest BCUT2D eigenvalue weighted by Crippen LogP contribution is -2.19. The molecular formula is C18H22BrN3O2. The van der Waals surface area contributed by atoms with Crippen molar-refractivity contribution in [1.82, 2.24) is 4.57 Å². The summed E-state index contributed by atoms with van der Waals surface area (Å²) in [6.07, 6.45) is 1.88. The predicted octanol–water partition coefficient (Wildman–Crippen LogP) is 4.43. The minimum Gasteiger partial charge on any atom is -0.343 e. The van der Waals surface area contributed by atoms with Gasteiger partial charge >= 0.3 is 0 Å². The van der Waals surface area contributed by atoms with Gasteiger partial charge in [0, 0.05) is 34.5 Å². The van der Waals surface area contributed by atoms with E-state index < -0.39 is 0 Å². The van der Waals surface area contributed by atoms with Gasteiger partial charge in [-0.05, 0) is 53.5 Å². The molecule has 2 aromatic rings. The van der Waals surface area contributed by atoms with Gasteiger partial charge in [-0.1, -0.05) is 19.9 Å². The van der Waals surface area contributed by atoms with Gasteiger partial charge in [0.05, 0.1) is 0 Å². The summed E-state index contributed by atoms with van der Waals surface area (Å²) in [6.45, 7) is 8.28. The van der Waals surface area contributed by atoms with Crippen LogP contribution in [0.25, 0.3) is 0 Å². The zero-order valence-electron chi connectivity index (χ0n) is 14.3. The van der Waals surface area contributed by atoms with Crippen molar-refractivity contribution in [1.29, 1.82) is 0 Å². The Hall–Kier alpha value is -2.08. The minimum atomic E-state index is -0.182. The van der Waals surface area contributed by atoms with Gasteiger partial charge in [-0.25, -0.2) is 0 Å². The highest BCUT2D eigenvalue weighted by atomic mass is 79.9. The first-order chi connectivity index (χ1) is 11.3. The first-order valence-electron chi connectivity index (χ1n) is 7.90. The maximum Gasteiger partial charge on any atom is 0.272 e. The molecule has 2 rings (SSSR count). The van der Waals surface area contributed by atoms with E-state index in [1.807, 2.05) is 50.6 Å². The standard InChI is InChI=1S/C18H22BrN3O2/c1-5-22-10-13(19)8-16(22)18(24)21-15-9-14(7-6-12(15)4)20-17(23)11(2)3/h6-11H,5H2,1-4H3,(H,20,23)(H,21,24). The van der Waals surface area contributed by atoms with Crippen molar-refractivity contribution in [3.8, 4) is 0 Å². The van der Waals surface area contributed by atoms with Crippen molar-refractivity contribution in [2.45, 2.75) is 34.2 Å². The number of hydrogen-bond acceptors (Lipinski definition) is 2. The largest absolute Gasteiger partial charge is 0.343 e. The summed E-state index contributed by atoms with van der Waals surface area (Å²) in [5.41, 5.74) is 2.86. The fourth-order valence-corrected chi connectivity index (χ4v) is 2.70. The van der Waals surface area contributed by atoms with Crippen LogP contribution in [0.15, 0.2) is 34.9 Å². The van der Waals surface area contributed by atoms with E-state index in [1.54, 1.807) is 12.1 Å². The maximum atomic E-state index is 12.6. The third kappa shape index (κ3) is 4.26. The van der Waals surface area contributed by atoms with Crippen LogP contribution in [0.5, 0.6) is 0 Å². The monoisotopic (exact) mass is 391 g/mol. The van der Waals surface area contributed by atoms with Gasteiger partial charge in [0.1, 0.15) is 5.69 Å². The molecule has 1 aromatic carbocycles. The first-order valence-corrected chi connectivity index (χ1v) is 8.69. The predicted molar refractivity (Wildman–Crippen MR) is 100 cm³/mol. The molecule has 24 heavy (non-hydrogen) atoms. The van der Waals surface area contributed by atoms with E-state index in [4.69, 9.17) is 0 Å². The van der Waals surface area contributed by atoms with E-state index in [2.05, 4.69) is 26.6 Å². The van der Waals surface area contributed by atoms with Crippen LogP contribution in [0.1, 0.15) is 36.8 Å². The summed E-state index contributed by atoms with van der Waals surface area (Å²) >= 11 is 3.40. The summed E-state index contributed by atoms with van der Waals surface area (Å²) in [6, 6.07) is 7.28. The number of benzene rings is 1. The van der Waals surface area contributed by atoms with Crippen LogP contribution in [-0.2, 0) is 11.3 Å². The van der Waals surface area contributed by atoms with E-state index in [-0.39, 0.29) is 17.7 Å². The molecule has 0 aliphatic heterocycles. The second kappa shape index (κ2) is 7.66. The van der Waals surface area contributed by atoms with Gasteiger partial charge in [0.25, 0.3) is 5.91 Å². The number of hydrogen-bond donors (Lipinski definition) is 2. The van der Waals surface area contributed by atoms with E-state index in [1.165, 1.54) is 0 Å². The van der Waals surface area contributed by atoms with Crippen LogP contribution in [-0.4, -0.2) is 16.4 Å². The Kier molecular flexibility index (Phi) is 5.83. The fourth-order valence-electron chi connectivity index (χ4n) is 2.23. The van der Waals surface area contributed by atoms with Gasteiger partial charge < -0.3 is 15.2 Å². The lowest BCUT2D eigenvalue weighted by atomic mass is 10.1. The van der Waals surface area contributed by atoms with E-state index in [0.29, 0.717) is 23.6 Å². The van der Waals surface area contributed by atoms with Gasteiger partial charge in [-0.15, -0.1) is 0 Å². The Morgan fingerprint density at radius 2 is 1.92 bits per heavy atom. The lowest BCUT2D eigenvalue weighted by molar-refractivity contribution is -0.118. The number of rotatable bonds is 5. The zero-order valence-corrected chi connectivity index (χ0v) is 15.9. The Balaban J connectivity index is 2.22. The SMILES string of the molecule is CCn1cc(Br)cc1C(=O)Nc1cc(NC(=O)C(C)C)ccc1C. The molecule has 6 heteroatoms. The van der Waals surface area contributed by atoms with Crippen LogP contribution in [0.4, 0.5) is 11.4 Å². The molecule has 0 bridgehead atoms. The van der Waals surface area contributed by atoms with Crippen LogP contribution in [0, 0.1) is 12.8 Å². The van der Waals surface area contributed by atoms with Crippen molar-refractivity contribution in [3.63, 3.8) is 0 Å². The average molecular weight is 392 g/mol. The summed E-state index contributed by atoms with van der Waals surface area (Å²) in [4.78, 5) is 24.4. The quantitative estimate of drug-likeness (QED) is 0.791. The fraction of sp³-hybridized carbons (Fsp3) is 0.333. The third-order valence-corrected chi connectivity index (χ3v) is 4.15. The number of amides is 2. The number of nitrogens with one attached hydrogen (secondary N) is 2. The molecule has 0 aliphatic rings. The molecule has 128 valence electrons. The zero-order chi connectivity index (χ0) is 17.9. The molecule has 2 amide bonds. The third-order valence-electron chi connectivity index (χ3n) is 3.71. The normalized spacial score (nSPS) is 10.8. The molecule has 0 saturated carbocycles. The molecule has 0 saturated heterocycles. The molecule has 1 aromatic heterocycles. The van der Waals surface area contributed by atoms with Gasteiger partial charge in [0.2, 0.25) is 5.91 Å². The minimum absolute atomic E-state index is 0.0556. The molecule has 5 nitrogen and oxygen atoms in total. The molecular weight excluding hydrogens is 370 g/mol. The van der Waals surface area contributed by atoms with Crippen molar-refractivity contribution in [3.05, 3.63) is 46.2 Å². The molecule has 0 radical (unpaired) electrons. The summed E-state index contributed by atoms with van der Waals surface area (Å²) in [5.74, 6) is -0.340. The smallest absolute Gasteiger partial charge is 0.272 e. The number of aryl methyl sites for hydroxylation is 2. The van der Waals surface area contributed by atoms with Crippen LogP contribution >= 0.6 is 15.9 Å². The lowest BCUT2D eigenvalue weighted by Gasteiger charge is -2.13. The van der Waals surface area contributed by atoms with Gasteiger partial charge in [-0.3, -0.25) is 9.59 Å². The molecule has 0 atom stereocenters. The summed E-state index contributed by atoms with van der Waals surface area (Å²) in [5, 5.41) is 5.77. The van der Waals surface area contributed by atoms with Crippen molar-refractivity contribution < 1.29 is 9.59 Å². The van der Waals surface area contributed by atoms with Gasteiger partial charge in [-0.2, -0.15) is 0 Å². The Morgan fingerprint density at radius 3 is 2.54 bits per heavy atom. The molecule has 0 aliphatic carbocycles. The molecule has 0 unspecified atom stereocenters.